The summed E-state index contributed by atoms with van der Waals surface area (Å²) in [6.07, 6.45) is 2.15. The predicted octanol–water partition coefficient (Wildman–Crippen LogP) is 2.61. The van der Waals surface area contributed by atoms with E-state index in [0.29, 0.717) is 11.1 Å². The molecular formula is C20H18N6O4S. The monoisotopic (exact) mass is 438 g/mol. The first kappa shape index (κ1) is 20.5. The van der Waals surface area contributed by atoms with E-state index in [4.69, 9.17) is 0 Å². The molecule has 4 rings (SSSR count). The van der Waals surface area contributed by atoms with Crippen LogP contribution in [0.25, 0.3) is 5.69 Å². The van der Waals surface area contributed by atoms with Gasteiger partial charge in [0.15, 0.2) is 0 Å². The first-order chi connectivity index (χ1) is 15.0. The SMILES string of the molecule is O=C(CSc1nc(C2CC2)n(-c2ccccc2)n1)NNC(=O)c1ccc([N+](=O)[O-])cc1. The number of nitro groups is 1. The van der Waals surface area contributed by atoms with Gasteiger partial charge in [0.1, 0.15) is 5.82 Å². The highest BCUT2D eigenvalue weighted by atomic mass is 32.2. The van der Waals surface area contributed by atoms with Crippen LogP contribution in [0.15, 0.2) is 59.8 Å². The Hall–Kier alpha value is -3.73. The van der Waals surface area contributed by atoms with Crippen molar-refractivity contribution in [2.24, 2.45) is 0 Å². The number of nitrogens with one attached hydrogen (secondary N) is 2. The molecule has 1 fully saturated rings. The summed E-state index contributed by atoms with van der Waals surface area (Å²) in [4.78, 5) is 38.9. The molecule has 1 aromatic heterocycles. The van der Waals surface area contributed by atoms with Crippen molar-refractivity contribution in [3.05, 3.63) is 76.1 Å². The zero-order valence-corrected chi connectivity index (χ0v) is 17.0. The fraction of sp³-hybridized carbons (Fsp3) is 0.200. The smallest absolute Gasteiger partial charge is 0.269 e. The number of carbonyl (C=O) groups is 2. The van der Waals surface area contributed by atoms with E-state index in [-0.39, 0.29) is 17.0 Å². The molecule has 2 N–H and O–H groups in total. The molecule has 1 aliphatic carbocycles. The second kappa shape index (κ2) is 8.96. The molecule has 1 aliphatic rings. The van der Waals surface area contributed by atoms with Crippen molar-refractivity contribution in [2.75, 3.05) is 5.75 Å². The molecule has 0 radical (unpaired) electrons. The largest absolute Gasteiger partial charge is 0.272 e. The van der Waals surface area contributed by atoms with Crippen molar-refractivity contribution in [3.8, 4) is 5.69 Å². The fourth-order valence-electron chi connectivity index (χ4n) is 2.83. The molecule has 0 saturated heterocycles. The maximum atomic E-state index is 12.1. The van der Waals surface area contributed by atoms with Crippen molar-refractivity contribution in [1.29, 1.82) is 0 Å². The molecule has 1 heterocycles. The molecule has 158 valence electrons. The van der Waals surface area contributed by atoms with Crippen molar-refractivity contribution < 1.29 is 14.5 Å². The standard InChI is InChI=1S/C20H18N6O4S/c27-17(22-23-19(28)14-8-10-16(11-9-14)26(29)30)12-31-20-21-18(13-6-7-13)25(24-20)15-4-2-1-3-5-15/h1-5,8-11,13H,6-7,12H2,(H,22,27)(H,23,28). The van der Waals surface area contributed by atoms with Gasteiger partial charge >= 0.3 is 0 Å². The first-order valence-electron chi connectivity index (χ1n) is 9.50. The number of benzene rings is 2. The average Bonchev–Trinajstić information content (AvgIpc) is 3.55. The molecular weight excluding hydrogens is 420 g/mol. The Bertz CT molecular complexity index is 1110. The molecule has 10 nitrogen and oxygen atoms in total. The maximum absolute atomic E-state index is 12.1. The van der Waals surface area contributed by atoms with Crippen LogP contribution in [0.5, 0.6) is 0 Å². The van der Waals surface area contributed by atoms with Crippen molar-refractivity contribution in [3.63, 3.8) is 0 Å². The molecule has 11 heteroatoms. The molecule has 0 atom stereocenters. The van der Waals surface area contributed by atoms with Crippen LogP contribution in [0.2, 0.25) is 0 Å². The number of thioether (sulfide) groups is 1. The zero-order valence-electron chi connectivity index (χ0n) is 16.2. The Labute approximate surface area is 181 Å². The van der Waals surface area contributed by atoms with Crippen molar-refractivity contribution >= 4 is 29.3 Å². The van der Waals surface area contributed by atoms with Gasteiger partial charge in [0, 0.05) is 23.6 Å². The highest BCUT2D eigenvalue weighted by molar-refractivity contribution is 7.99. The lowest BCUT2D eigenvalue weighted by Crippen LogP contribution is -2.42. The number of hydrogen-bond donors (Lipinski definition) is 2. The van der Waals surface area contributed by atoms with E-state index >= 15 is 0 Å². The topological polar surface area (TPSA) is 132 Å². The van der Waals surface area contributed by atoms with E-state index in [2.05, 4.69) is 20.9 Å². The predicted molar refractivity (Wildman–Crippen MR) is 113 cm³/mol. The maximum Gasteiger partial charge on any atom is 0.269 e. The lowest BCUT2D eigenvalue weighted by Gasteiger charge is -2.06. The van der Waals surface area contributed by atoms with E-state index < -0.39 is 16.7 Å². The van der Waals surface area contributed by atoms with Crippen LogP contribution in [0, 0.1) is 10.1 Å². The molecule has 3 aromatic rings. The van der Waals surface area contributed by atoms with E-state index in [1.165, 1.54) is 36.0 Å². The summed E-state index contributed by atoms with van der Waals surface area (Å²) in [6.45, 7) is 0. The molecule has 31 heavy (non-hydrogen) atoms. The minimum absolute atomic E-state index is 0.0173. The van der Waals surface area contributed by atoms with E-state index in [1.54, 1.807) is 0 Å². The van der Waals surface area contributed by atoms with Crippen LogP contribution in [0.1, 0.15) is 34.9 Å². The number of hydrazine groups is 1. The van der Waals surface area contributed by atoms with Crippen LogP contribution in [0.3, 0.4) is 0 Å². The van der Waals surface area contributed by atoms with Crippen molar-refractivity contribution in [1.82, 2.24) is 25.6 Å². The third-order valence-corrected chi connectivity index (χ3v) is 5.38. The summed E-state index contributed by atoms with van der Waals surface area (Å²) in [5.74, 6) is 0.293. The van der Waals surface area contributed by atoms with Gasteiger partial charge in [-0.05, 0) is 37.1 Å². The number of nitrogens with zero attached hydrogens (tertiary/aromatic N) is 4. The van der Waals surface area contributed by atoms with Gasteiger partial charge in [0.25, 0.3) is 11.6 Å². The molecule has 0 spiro atoms. The normalized spacial score (nSPS) is 12.9. The summed E-state index contributed by atoms with van der Waals surface area (Å²) in [5, 5.41) is 15.7. The third-order valence-electron chi connectivity index (χ3n) is 4.54. The highest BCUT2D eigenvalue weighted by Gasteiger charge is 2.30. The Morgan fingerprint density at radius 2 is 1.81 bits per heavy atom. The Kier molecular flexibility index (Phi) is 5.94. The summed E-state index contributed by atoms with van der Waals surface area (Å²) < 4.78 is 1.81. The lowest BCUT2D eigenvalue weighted by molar-refractivity contribution is -0.384. The van der Waals surface area contributed by atoms with E-state index in [1.807, 2.05) is 35.0 Å². The van der Waals surface area contributed by atoms with Crippen molar-refractivity contribution in [2.45, 2.75) is 23.9 Å². The van der Waals surface area contributed by atoms with Crippen LogP contribution < -0.4 is 10.9 Å². The number of nitro benzene ring substituents is 1. The number of aromatic nitrogens is 3. The fourth-order valence-corrected chi connectivity index (χ4v) is 3.46. The number of non-ortho nitro benzene ring substituents is 1. The Morgan fingerprint density at radius 3 is 2.45 bits per heavy atom. The van der Waals surface area contributed by atoms with Crippen LogP contribution in [0.4, 0.5) is 5.69 Å². The quantitative estimate of drug-likeness (QED) is 0.329. The molecule has 2 aromatic carbocycles. The highest BCUT2D eigenvalue weighted by Crippen LogP contribution is 2.40. The number of hydrogen-bond acceptors (Lipinski definition) is 7. The number of amides is 2. The molecule has 0 bridgehead atoms. The van der Waals surface area contributed by atoms with E-state index in [9.17, 15) is 19.7 Å². The second-order valence-electron chi connectivity index (χ2n) is 6.87. The number of para-hydroxylation sites is 1. The molecule has 0 unspecified atom stereocenters. The van der Waals surface area contributed by atoms with Gasteiger partial charge in [-0.15, -0.1) is 5.10 Å². The van der Waals surface area contributed by atoms with Gasteiger partial charge < -0.3 is 0 Å². The molecule has 0 aliphatic heterocycles. The third kappa shape index (κ3) is 5.07. The summed E-state index contributed by atoms with van der Waals surface area (Å²) in [6, 6.07) is 14.8. The minimum Gasteiger partial charge on any atom is -0.272 e. The zero-order chi connectivity index (χ0) is 21.8. The first-order valence-corrected chi connectivity index (χ1v) is 10.5. The second-order valence-corrected chi connectivity index (χ2v) is 7.81. The van der Waals surface area contributed by atoms with E-state index in [0.717, 1.165) is 24.4 Å². The molecule has 2 amide bonds. The van der Waals surface area contributed by atoms with Crippen LogP contribution in [-0.2, 0) is 4.79 Å². The number of rotatable bonds is 7. The lowest BCUT2D eigenvalue weighted by atomic mass is 10.2. The Balaban J connectivity index is 1.32. The van der Waals surface area contributed by atoms with Gasteiger partial charge in [-0.1, -0.05) is 30.0 Å². The average molecular weight is 438 g/mol. The Morgan fingerprint density at radius 1 is 1.10 bits per heavy atom. The van der Waals surface area contributed by atoms with Gasteiger partial charge in [-0.25, -0.2) is 9.67 Å². The summed E-state index contributed by atoms with van der Waals surface area (Å²) >= 11 is 1.17. The van der Waals surface area contributed by atoms with Gasteiger partial charge in [-0.3, -0.25) is 30.6 Å². The van der Waals surface area contributed by atoms with Gasteiger partial charge in [0.05, 0.1) is 16.4 Å². The summed E-state index contributed by atoms with van der Waals surface area (Å²) in [7, 11) is 0. The van der Waals surface area contributed by atoms with Crippen LogP contribution >= 0.6 is 11.8 Å². The van der Waals surface area contributed by atoms with Crippen LogP contribution in [-0.4, -0.2) is 37.3 Å². The number of carbonyl (C=O) groups excluding carboxylic acids is 2. The summed E-state index contributed by atoms with van der Waals surface area (Å²) in [5.41, 5.74) is 5.60. The molecule has 1 saturated carbocycles. The van der Waals surface area contributed by atoms with Gasteiger partial charge in [-0.2, -0.15) is 0 Å². The minimum atomic E-state index is -0.573. The van der Waals surface area contributed by atoms with Gasteiger partial charge in [0.2, 0.25) is 11.1 Å².